The zero-order valence-electron chi connectivity index (χ0n) is 20.2. The van der Waals surface area contributed by atoms with Crippen LogP contribution in [0, 0.1) is 41.4 Å². The van der Waals surface area contributed by atoms with Crippen LogP contribution in [0.2, 0.25) is 18.1 Å². The molecule has 0 N–H and O–H groups in total. The van der Waals surface area contributed by atoms with Gasteiger partial charge >= 0.3 is 0 Å². The van der Waals surface area contributed by atoms with Crippen LogP contribution >= 0.6 is 0 Å². The molecule has 2 aliphatic carbocycles. The summed E-state index contributed by atoms with van der Waals surface area (Å²) in [5, 5.41) is 0.199. The fraction of sp³-hybridized carbons (Fsp3) is 0.840. The Morgan fingerprint density at radius 3 is 2.28 bits per heavy atom. The number of aldehydes is 1. The van der Waals surface area contributed by atoms with E-state index in [1.807, 2.05) is 6.92 Å². The lowest BCUT2D eigenvalue weighted by Crippen LogP contribution is -2.47. The molecule has 1 saturated carbocycles. The van der Waals surface area contributed by atoms with Gasteiger partial charge < -0.3 is 9.22 Å². The second-order valence-electron chi connectivity index (χ2n) is 11.7. The summed E-state index contributed by atoms with van der Waals surface area (Å²) in [7, 11) is -1.82. The number of hydrogen-bond acceptors (Lipinski definition) is 3. The minimum atomic E-state index is -1.82. The maximum atomic E-state index is 12.7. The molecule has 4 heteroatoms. The van der Waals surface area contributed by atoms with Crippen LogP contribution < -0.4 is 0 Å². The second kappa shape index (κ2) is 9.17. The Labute approximate surface area is 180 Å². The lowest BCUT2D eigenvalue weighted by Gasteiger charge is -2.48. The summed E-state index contributed by atoms with van der Waals surface area (Å²) < 4.78 is 6.69. The molecule has 0 unspecified atom stereocenters. The maximum Gasteiger partial charge on any atom is 0.191 e. The van der Waals surface area contributed by atoms with Gasteiger partial charge in [-0.2, -0.15) is 0 Å². The van der Waals surface area contributed by atoms with Crippen molar-refractivity contribution in [3.05, 3.63) is 11.6 Å². The van der Waals surface area contributed by atoms with Gasteiger partial charge in [0, 0.05) is 25.4 Å². The number of rotatable bonds is 7. The van der Waals surface area contributed by atoms with E-state index in [1.165, 1.54) is 5.57 Å². The van der Waals surface area contributed by atoms with Crippen molar-refractivity contribution in [2.45, 2.75) is 85.9 Å². The van der Waals surface area contributed by atoms with Crippen molar-refractivity contribution in [3.8, 4) is 0 Å². The van der Waals surface area contributed by atoms with E-state index in [4.69, 9.17) is 4.43 Å². The van der Waals surface area contributed by atoms with Gasteiger partial charge in [0.15, 0.2) is 8.32 Å². The molecule has 0 radical (unpaired) electrons. The fourth-order valence-electron chi connectivity index (χ4n) is 5.24. The molecule has 0 aliphatic heterocycles. The molecule has 29 heavy (non-hydrogen) atoms. The molecular formula is C25H44O3Si. The van der Waals surface area contributed by atoms with E-state index >= 15 is 0 Å². The second-order valence-corrected chi connectivity index (χ2v) is 16.5. The van der Waals surface area contributed by atoms with Crippen LogP contribution in [0.3, 0.4) is 0 Å². The Bertz CT molecular complexity index is 628. The molecular weight excluding hydrogens is 376 g/mol. The highest BCUT2D eigenvalue weighted by atomic mass is 28.4. The molecule has 0 saturated heterocycles. The summed E-state index contributed by atoms with van der Waals surface area (Å²) in [4.78, 5) is 24.2. The summed E-state index contributed by atoms with van der Waals surface area (Å²) >= 11 is 0. The van der Waals surface area contributed by atoms with E-state index in [1.54, 1.807) is 0 Å². The normalized spacial score (nSPS) is 30.6. The van der Waals surface area contributed by atoms with Gasteiger partial charge in [-0.15, -0.1) is 0 Å². The Hall–Kier alpha value is -0.743. The molecule has 0 heterocycles. The first-order chi connectivity index (χ1) is 13.3. The largest absolute Gasteiger partial charge is 0.417 e. The van der Waals surface area contributed by atoms with Gasteiger partial charge in [-0.3, -0.25) is 4.79 Å². The molecule has 0 bridgehead atoms. The molecule has 166 valence electrons. The molecule has 1 fully saturated rings. The van der Waals surface area contributed by atoms with Crippen molar-refractivity contribution >= 4 is 20.4 Å². The van der Waals surface area contributed by atoms with E-state index in [0.29, 0.717) is 48.2 Å². The lowest BCUT2D eigenvalue weighted by molar-refractivity contribution is -0.128. The highest BCUT2D eigenvalue weighted by Gasteiger charge is 2.47. The number of allylic oxidation sites excluding steroid dienone is 2. The molecule has 0 aromatic rings. The smallest absolute Gasteiger partial charge is 0.191 e. The molecule has 6 atom stereocenters. The average Bonchev–Trinajstić information content (AvgIpc) is 2.59. The zero-order chi connectivity index (χ0) is 22.1. The van der Waals surface area contributed by atoms with Gasteiger partial charge in [-0.25, -0.2) is 0 Å². The Balaban J connectivity index is 2.31. The maximum absolute atomic E-state index is 12.7. The average molecular weight is 421 g/mol. The Kier molecular flexibility index (Phi) is 7.76. The summed E-state index contributed by atoms with van der Waals surface area (Å²) in [6.07, 6.45) is 5.73. The van der Waals surface area contributed by atoms with Crippen molar-refractivity contribution < 1.29 is 14.0 Å². The number of ketones is 1. The Morgan fingerprint density at radius 1 is 1.14 bits per heavy atom. The minimum Gasteiger partial charge on any atom is -0.417 e. The van der Waals surface area contributed by atoms with E-state index in [-0.39, 0.29) is 16.9 Å². The van der Waals surface area contributed by atoms with Crippen LogP contribution in [0.4, 0.5) is 0 Å². The predicted molar refractivity (Wildman–Crippen MR) is 123 cm³/mol. The molecule has 3 nitrogen and oxygen atoms in total. The highest BCUT2D eigenvalue weighted by molar-refractivity contribution is 6.74. The van der Waals surface area contributed by atoms with Crippen molar-refractivity contribution in [1.29, 1.82) is 0 Å². The minimum absolute atomic E-state index is 0.0597. The summed E-state index contributed by atoms with van der Waals surface area (Å²) in [5.41, 5.74) is 1.42. The number of Topliss-reactive ketones (excluding diaryl/α,β-unsaturated/α-hetero) is 1. The third-order valence-corrected chi connectivity index (χ3v) is 12.7. The molecule has 0 amide bonds. The van der Waals surface area contributed by atoms with Crippen molar-refractivity contribution in [1.82, 2.24) is 0 Å². The number of carbonyl (C=O) groups is 2. The van der Waals surface area contributed by atoms with Gasteiger partial charge in [-0.05, 0) is 67.0 Å². The third-order valence-electron chi connectivity index (χ3n) is 8.24. The number of hydrogen-bond donors (Lipinski definition) is 0. The van der Waals surface area contributed by atoms with Crippen LogP contribution in [0.25, 0.3) is 0 Å². The van der Waals surface area contributed by atoms with E-state index < -0.39 is 8.32 Å². The van der Waals surface area contributed by atoms with Gasteiger partial charge in [0.1, 0.15) is 12.1 Å². The SMILES string of the molecule is CC1=C[C@@H]2[C@H]([C@H](C)C=O)CC(=O)C[C@@H]2[C@H]([C@H](CO[Si](C)(C)C(C)(C)C)C(C)C)C1. The van der Waals surface area contributed by atoms with Gasteiger partial charge in [-0.1, -0.05) is 53.2 Å². The van der Waals surface area contributed by atoms with Crippen LogP contribution in [0.5, 0.6) is 0 Å². The molecule has 0 aromatic heterocycles. The molecule has 0 aromatic carbocycles. The van der Waals surface area contributed by atoms with Gasteiger partial charge in [0.2, 0.25) is 0 Å². The molecule has 2 aliphatic rings. The van der Waals surface area contributed by atoms with E-state index in [2.05, 4.69) is 60.7 Å². The van der Waals surface area contributed by atoms with Crippen LogP contribution in [-0.4, -0.2) is 27.0 Å². The van der Waals surface area contributed by atoms with Gasteiger partial charge in [0.05, 0.1) is 0 Å². The highest BCUT2D eigenvalue weighted by Crippen LogP contribution is 2.50. The Morgan fingerprint density at radius 2 is 1.76 bits per heavy atom. The van der Waals surface area contributed by atoms with Crippen molar-refractivity contribution in [2.24, 2.45) is 41.4 Å². The van der Waals surface area contributed by atoms with Gasteiger partial charge in [0.25, 0.3) is 0 Å². The summed E-state index contributed by atoms with van der Waals surface area (Å²) in [6, 6.07) is 0. The first-order valence-electron chi connectivity index (χ1n) is 11.6. The summed E-state index contributed by atoms with van der Waals surface area (Å²) in [6.45, 7) is 21.1. The lowest BCUT2D eigenvalue weighted by atomic mass is 9.57. The van der Waals surface area contributed by atoms with E-state index in [9.17, 15) is 9.59 Å². The summed E-state index contributed by atoms with van der Waals surface area (Å²) in [5.74, 6) is 2.55. The molecule has 0 spiro atoms. The third kappa shape index (κ3) is 5.49. The van der Waals surface area contributed by atoms with Crippen LogP contribution in [-0.2, 0) is 14.0 Å². The standard InChI is InChI=1S/C25H44O3Si/c1-16(2)24(15-28-29(8,9)25(5,6)7)22-11-17(3)10-21-20(18(4)14-26)12-19(27)13-23(21)22/h10,14,16,18,20-24H,11-13,15H2,1-9H3/t18-,20+,21-,22-,23+,24-/m1/s1. The zero-order valence-corrected chi connectivity index (χ0v) is 21.2. The van der Waals surface area contributed by atoms with Crippen LogP contribution in [0.1, 0.15) is 67.7 Å². The topological polar surface area (TPSA) is 43.4 Å². The number of carbonyl (C=O) groups excluding carboxylic acids is 2. The molecule has 2 rings (SSSR count). The van der Waals surface area contributed by atoms with Crippen LogP contribution in [0.15, 0.2) is 11.6 Å². The van der Waals surface area contributed by atoms with E-state index in [0.717, 1.165) is 19.3 Å². The van der Waals surface area contributed by atoms with Crippen molar-refractivity contribution in [3.63, 3.8) is 0 Å². The predicted octanol–water partition coefficient (Wildman–Crippen LogP) is 6.29. The quantitative estimate of drug-likeness (QED) is 0.276. The first-order valence-corrected chi connectivity index (χ1v) is 14.5. The fourth-order valence-corrected chi connectivity index (χ4v) is 6.28. The van der Waals surface area contributed by atoms with Crippen molar-refractivity contribution in [2.75, 3.05) is 6.61 Å². The first kappa shape index (κ1) is 24.5. The number of fused-ring (bicyclic) bond motifs is 1. The monoisotopic (exact) mass is 420 g/mol.